The van der Waals surface area contributed by atoms with Gasteiger partial charge >= 0.3 is 0 Å². The number of hydrogen-bond acceptors (Lipinski definition) is 8. The minimum atomic E-state index is -1.08. The molecule has 2 aliphatic heterocycles. The van der Waals surface area contributed by atoms with Crippen LogP contribution in [-0.4, -0.2) is 69.8 Å². The van der Waals surface area contributed by atoms with Crippen LogP contribution in [0.4, 0.5) is 11.4 Å². The molecule has 0 amide bonds. The molecule has 0 radical (unpaired) electrons. The minimum Gasteiger partial charge on any atom is -0.491 e. The van der Waals surface area contributed by atoms with Crippen LogP contribution in [-0.2, 0) is 21.8 Å². The molecule has 2 unspecified atom stereocenters. The second kappa shape index (κ2) is 12.5. The summed E-state index contributed by atoms with van der Waals surface area (Å²) in [6, 6.07) is 22.0. The van der Waals surface area contributed by atoms with Crippen LogP contribution in [0.3, 0.4) is 0 Å². The maximum atomic E-state index is 6.59. The SMILES string of the molecule is Clc1ccc(C2(Cn3ccnc3)OCC(COc3ccc(N4CCN(c5ccc(-n6cncn6)cc5)CC4)cc3)O2)c(Cl)c1. The molecule has 2 aromatic heterocycles. The van der Waals surface area contributed by atoms with Gasteiger partial charge in [-0.25, -0.2) is 14.6 Å². The van der Waals surface area contributed by atoms with Crippen LogP contribution in [0.15, 0.2) is 98.1 Å². The molecule has 0 aliphatic carbocycles. The van der Waals surface area contributed by atoms with Crippen LogP contribution in [0.1, 0.15) is 5.56 Å². The van der Waals surface area contributed by atoms with Crippen molar-refractivity contribution >= 4 is 34.6 Å². The first-order chi connectivity index (χ1) is 21.5. The highest BCUT2D eigenvalue weighted by Crippen LogP contribution is 2.40. The molecule has 2 saturated heterocycles. The van der Waals surface area contributed by atoms with Crippen molar-refractivity contribution in [1.82, 2.24) is 24.3 Å². The monoisotopic (exact) mass is 631 g/mol. The Kier molecular flexibility index (Phi) is 8.14. The van der Waals surface area contributed by atoms with E-state index in [1.807, 2.05) is 29.0 Å². The van der Waals surface area contributed by atoms with Gasteiger partial charge in [0.25, 0.3) is 0 Å². The predicted octanol–water partition coefficient (Wildman–Crippen LogP) is 5.44. The molecule has 226 valence electrons. The summed E-state index contributed by atoms with van der Waals surface area (Å²) >= 11 is 12.7. The van der Waals surface area contributed by atoms with Crippen molar-refractivity contribution in [2.45, 2.75) is 18.4 Å². The Bertz CT molecular complexity index is 1660. The van der Waals surface area contributed by atoms with Crippen molar-refractivity contribution in [2.24, 2.45) is 0 Å². The Hall–Kier alpha value is -4.09. The smallest absolute Gasteiger partial charge is 0.215 e. The number of aromatic nitrogens is 5. The summed E-state index contributed by atoms with van der Waals surface area (Å²) in [5.74, 6) is -0.304. The van der Waals surface area contributed by atoms with Crippen LogP contribution in [0.5, 0.6) is 5.75 Å². The number of rotatable bonds is 9. The van der Waals surface area contributed by atoms with E-state index in [4.69, 9.17) is 37.4 Å². The summed E-state index contributed by atoms with van der Waals surface area (Å²) in [5.41, 5.74) is 4.10. The first kappa shape index (κ1) is 28.7. The summed E-state index contributed by atoms with van der Waals surface area (Å²) in [7, 11) is 0. The number of piperazine rings is 1. The maximum Gasteiger partial charge on any atom is 0.215 e. The van der Waals surface area contributed by atoms with Gasteiger partial charge in [-0.3, -0.25) is 0 Å². The van der Waals surface area contributed by atoms with E-state index in [2.05, 4.69) is 61.3 Å². The molecule has 0 spiro atoms. The average molecular weight is 633 g/mol. The lowest BCUT2D eigenvalue weighted by atomic mass is 10.1. The van der Waals surface area contributed by atoms with Gasteiger partial charge in [0.1, 0.15) is 31.1 Å². The fourth-order valence-electron chi connectivity index (χ4n) is 5.70. The normalized spacial score (nSPS) is 20.3. The number of halogens is 2. The van der Waals surface area contributed by atoms with Crippen LogP contribution in [0.2, 0.25) is 10.0 Å². The molecular weight excluding hydrogens is 601 g/mol. The van der Waals surface area contributed by atoms with Gasteiger partial charge in [0.05, 0.1) is 30.2 Å². The predicted molar refractivity (Wildman–Crippen MR) is 169 cm³/mol. The van der Waals surface area contributed by atoms with Gasteiger partial charge in [0, 0.05) is 60.5 Å². The third-order valence-corrected chi connectivity index (χ3v) is 8.51. The van der Waals surface area contributed by atoms with E-state index in [0.29, 0.717) is 35.4 Å². The average Bonchev–Trinajstić information content (AvgIpc) is 3.85. The van der Waals surface area contributed by atoms with Crippen LogP contribution < -0.4 is 14.5 Å². The first-order valence-corrected chi connectivity index (χ1v) is 15.2. The number of benzene rings is 3. The van der Waals surface area contributed by atoms with E-state index in [9.17, 15) is 0 Å². The number of nitrogens with zero attached hydrogens (tertiary/aromatic N) is 7. The van der Waals surface area contributed by atoms with Gasteiger partial charge in [-0.1, -0.05) is 29.3 Å². The lowest BCUT2D eigenvalue weighted by Gasteiger charge is -2.37. The molecule has 5 aromatic rings. The van der Waals surface area contributed by atoms with Gasteiger partial charge in [0.2, 0.25) is 5.79 Å². The van der Waals surface area contributed by atoms with Crippen molar-refractivity contribution in [3.8, 4) is 11.4 Å². The number of anilines is 2. The highest BCUT2D eigenvalue weighted by Gasteiger charge is 2.45. The molecular formula is C32H31Cl2N7O3. The Morgan fingerprint density at radius 1 is 0.841 bits per heavy atom. The van der Waals surface area contributed by atoms with Crippen molar-refractivity contribution in [3.63, 3.8) is 0 Å². The molecule has 4 heterocycles. The quantitative estimate of drug-likeness (QED) is 0.213. The van der Waals surface area contributed by atoms with E-state index in [1.165, 1.54) is 11.4 Å². The largest absolute Gasteiger partial charge is 0.491 e. The van der Waals surface area contributed by atoms with Gasteiger partial charge in [-0.15, -0.1) is 0 Å². The van der Waals surface area contributed by atoms with Crippen molar-refractivity contribution in [1.29, 1.82) is 0 Å². The van der Waals surface area contributed by atoms with E-state index >= 15 is 0 Å². The molecule has 2 atom stereocenters. The zero-order valence-corrected chi connectivity index (χ0v) is 25.4. The van der Waals surface area contributed by atoms with Gasteiger partial charge in [-0.2, -0.15) is 5.10 Å². The lowest BCUT2D eigenvalue weighted by molar-refractivity contribution is -0.189. The number of hydrogen-bond donors (Lipinski definition) is 0. The van der Waals surface area contributed by atoms with Crippen LogP contribution in [0.25, 0.3) is 5.69 Å². The van der Waals surface area contributed by atoms with Crippen LogP contribution >= 0.6 is 23.2 Å². The van der Waals surface area contributed by atoms with E-state index in [0.717, 1.165) is 37.6 Å². The fraction of sp³-hybridized carbons (Fsp3) is 0.281. The molecule has 7 rings (SSSR count). The second-order valence-electron chi connectivity index (χ2n) is 10.8. The van der Waals surface area contributed by atoms with E-state index in [-0.39, 0.29) is 6.10 Å². The van der Waals surface area contributed by atoms with E-state index in [1.54, 1.807) is 42.0 Å². The molecule has 2 fully saturated rings. The topological polar surface area (TPSA) is 82.7 Å². The zero-order valence-electron chi connectivity index (χ0n) is 23.9. The first-order valence-electron chi connectivity index (χ1n) is 14.5. The maximum absolute atomic E-state index is 6.59. The van der Waals surface area contributed by atoms with Crippen molar-refractivity contribution < 1.29 is 14.2 Å². The Balaban J connectivity index is 0.936. The summed E-state index contributed by atoms with van der Waals surface area (Å²) in [6.07, 6.45) is 8.26. The third kappa shape index (κ3) is 6.11. The Morgan fingerprint density at radius 3 is 2.18 bits per heavy atom. The second-order valence-corrected chi connectivity index (χ2v) is 11.6. The molecule has 3 aromatic carbocycles. The van der Waals surface area contributed by atoms with Crippen LogP contribution in [0, 0.1) is 0 Å². The molecule has 44 heavy (non-hydrogen) atoms. The number of ether oxygens (including phenoxy) is 3. The molecule has 2 aliphatic rings. The Morgan fingerprint density at radius 2 is 1.55 bits per heavy atom. The Labute approximate surface area is 265 Å². The highest BCUT2D eigenvalue weighted by molar-refractivity contribution is 6.35. The number of imidazole rings is 1. The standard InChI is InChI=1S/C32H31Cl2N7O3/c33-24-1-10-30(31(34)17-24)32(20-38-12-11-35-22-38)43-19-29(44-32)18-42-28-8-6-26(7-9-28)40-15-13-39(14-16-40)25-2-4-27(5-3-25)41-23-36-21-37-41/h1-12,17,21-23,29H,13-16,18-20H2. The molecule has 10 nitrogen and oxygen atoms in total. The molecule has 0 saturated carbocycles. The molecule has 12 heteroatoms. The third-order valence-electron chi connectivity index (χ3n) is 7.97. The van der Waals surface area contributed by atoms with E-state index < -0.39 is 5.79 Å². The van der Waals surface area contributed by atoms with Gasteiger partial charge in [0.15, 0.2) is 0 Å². The highest BCUT2D eigenvalue weighted by atomic mass is 35.5. The fourth-order valence-corrected chi connectivity index (χ4v) is 6.25. The minimum absolute atomic E-state index is 0.289. The summed E-state index contributed by atoms with van der Waals surface area (Å²) in [5, 5.41) is 5.23. The lowest BCUT2D eigenvalue weighted by Crippen LogP contribution is -2.46. The summed E-state index contributed by atoms with van der Waals surface area (Å²) in [4.78, 5) is 13.0. The molecule has 0 bridgehead atoms. The summed E-state index contributed by atoms with van der Waals surface area (Å²) in [6.45, 7) is 4.84. The summed E-state index contributed by atoms with van der Waals surface area (Å²) < 4.78 is 22.6. The van der Waals surface area contributed by atoms with Gasteiger partial charge < -0.3 is 28.6 Å². The zero-order chi connectivity index (χ0) is 29.9. The van der Waals surface area contributed by atoms with Gasteiger partial charge in [-0.05, 0) is 60.7 Å². The van der Waals surface area contributed by atoms with Crippen molar-refractivity contribution in [2.75, 3.05) is 49.2 Å². The molecule has 0 N–H and O–H groups in total. The van der Waals surface area contributed by atoms with Crippen molar-refractivity contribution in [3.05, 3.63) is 114 Å².